The number of benzene rings is 1. The van der Waals surface area contributed by atoms with Crippen LogP contribution in [0.4, 0.5) is 5.69 Å². The maximum atomic E-state index is 12.7. The molecule has 0 bridgehead atoms. The number of nitrogens with zero attached hydrogens (tertiary/aromatic N) is 2. The standard InChI is InChI=1S/C18H28N2O3S/c1-14(2)9-11-19(24(4,22)23)12-10-18(21)20-15(3)13-16-7-5-6-8-17(16)20/h5-8,14-15H,9-13H2,1-4H3. The van der Waals surface area contributed by atoms with Crippen LogP contribution in [0, 0.1) is 5.92 Å². The zero-order valence-electron chi connectivity index (χ0n) is 15.0. The SMILES string of the molecule is CC(C)CCN(CCC(=O)N1c2ccccc2CC1C)S(C)(=O)=O. The highest BCUT2D eigenvalue weighted by atomic mass is 32.2. The summed E-state index contributed by atoms with van der Waals surface area (Å²) in [4.78, 5) is 14.5. The Hall–Kier alpha value is -1.40. The second-order valence-electron chi connectivity index (χ2n) is 7.04. The molecule has 1 atom stereocenters. The van der Waals surface area contributed by atoms with Crippen molar-refractivity contribution in [2.24, 2.45) is 5.92 Å². The number of carbonyl (C=O) groups is 1. The Bertz CT molecular complexity index is 685. The first kappa shape index (κ1) is 18.9. The van der Waals surface area contributed by atoms with Crippen LogP contribution >= 0.6 is 0 Å². The summed E-state index contributed by atoms with van der Waals surface area (Å²) in [6.07, 6.45) is 3.07. The third-order valence-corrected chi connectivity index (χ3v) is 5.78. The Morgan fingerprint density at radius 3 is 2.58 bits per heavy atom. The molecule has 24 heavy (non-hydrogen) atoms. The molecule has 1 aromatic rings. The minimum absolute atomic E-state index is 0.00866. The van der Waals surface area contributed by atoms with Gasteiger partial charge in [0.2, 0.25) is 15.9 Å². The number of anilines is 1. The highest BCUT2D eigenvalue weighted by Gasteiger charge is 2.30. The third-order valence-electron chi connectivity index (χ3n) is 4.48. The molecule has 5 nitrogen and oxygen atoms in total. The number of fused-ring (bicyclic) bond motifs is 1. The van der Waals surface area contributed by atoms with E-state index in [1.807, 2.05) is 36.1 Å². The Labute approximate surface area is 145 Å². The van der Waals surface area contributed by atoms with Crippen molar-refractivity contribution in [2.75, 3.05) is 24.2 Å². The van der Waals surface area contributed by atoms with E-state index in [1.54, 1.807) is 0 Å². The lowest BCUT2D eigenvalue weighted by molar-refractivity contribution is -0.119. The van der Waals surface area contributed by atoms with E-state index < -0.39 is 10.0 Å². The molecule has 0 fully saturated rings. The Morgan fingerprint density at radius 1 is 1.29 bits per heavy atom. The van der Waals surface area contributed by atoms with Gasteiger partial charge in [-0.05, 0) is 37.3 Å². The number of carbonyl (C=O) groups excluding carboxylic acids is 1. The fourth-order valence-corrected chi connectivity index (χ4v) is 3.99. The van der Waals surface area contributed by atoms with Crippen molar-refractivity contribution in [3.63, 3.8) is 0 Å². The normalized spacial score (nSPS) is 17.6. The molecule has 0 aromatic heterocycles. The Morgan fingerprint density at radius 2 is 1.96 bits per heavy atom. The predicted molar refractivity (Wildman–Crippen MR) is 97.6 cm³/mol. The zero-order chi connectivity index (χ0) is 17.9. The summed E-state index contributed by atoms with van der Waals surface area (Å²) in [7, 11) is -3.29. The van der Waals surface area contributed by atoms with E-state index in [0.29, 0.717) is 12.5 Å². The van der Waals surface area contributed by atoms with Crippen LogP contribution in [0.2, 0.25) is 0 Å². The van der Waals surface area contributed by atoms with Gasteiger partial charge < -0.3 is 4.90 Å². The zero-order valence-corrected chi connectivity index (χ0v) is 15.8. The lowest BCUT2D eigenvalue weighted by Crippen LogP contribution is -2.39. The van der Waals surface area contributed by atoms with Crippen molar-refractivity contribution in [3.8, 4) is 0 Å². The molecule has 1 heterocycles. The fourth-order valence-electron chi connectivity index (χ4n) is 3.13. The van der Waals surface area contributed by atoms with Crippen LogP contribution in [0.5, 0.6) is 0 Å². The quantitative estimate of drug-likeness (QED) is 0.758. The first-order valence-electron chi connectivity index (χ1n) is 8.55. The van der Waals surface area contributed by atoms with Gasteiger partial charge in [0, 0.05) is 31.2 Å². The summed E-state index contributed by atoms with van der Waals surface area (Å²) in [5, 5.41) is 0. The lowest BCUT2D eigenvalue weighted by Gasteiger charge is -2.25. The molecule has 0 saturated heterocycles. The minimum Gasteiger partial charge on any atom is -0.309 e. The highest BCUT2D eigenvalue weighted by molar-refractivity contribution is 7.88. The van der Waals surface area contributed by atoms with Crippen LogP contribution in [0.25, 0.3) is 0 Å². The van der Waals surface area contributed by atoms with Crippen molar-refractivity contribution >= 4 is 21.6 Å². The monoisotopic (exact) mass is 352 g/mol. The van der Waals surface area contributed by atoms with Gasteiger partial charge in [0.15, 0.2) is 0 Å². The first-order chi connectivity index (χ1) is 11.2. The van der Waals surface area contributed by atoms with Gasteiger partial charge in [-0.25, -0.2) is 12.7 Å². The fraction of sp³-hybridized carbons (Fsp3) is 0.611. The molecule has 1 aromatic carbocycles. The van der Waals surface area contributed by atoms with Gasteiger partial charge in [-0.15, -0.1) is 0 Å². The van der Waals surface area contributed by atoms with Crippen molar-refractivity contribution in [3.05, 3.63) is 29.8 Å². The van der Waals surface area contributed by atoms with E-state index in [1.165, 1.54) is 16.1 Å². The number of amides is 1. The van der Waals surface area contributed by atoms with Gasteiger partial charge in [-0.1, -0.05) is 32.0 Å². The van der Waals surface area contributed by atoms with Crippen LogP contribution in [0.3, 0.4) is 0 Å². The summed E-state index contributed by atoms with van der Waals surface area (Å²) in [5.74, 6) is 0.418. The second kappa shape index (κ2) is 7.66. The first-order valence-corrected chi connectivity index (χ1v) is 10.4. The molecule has 0 spiro atoms. The Kier molecular flexibility index (Phi) is 6.04. The van der Waals surface area contributed by atoms with Gasteiger partial charge in [0.1, 0.15) is 0 Å². The lowest BCUT2D eigenvalue weighted by atomic mass is 10.1. The van der Waals surface area contributed by atoms with Crippen LogP contribution in [0.1, 0.15) is 39.2 Å². The molecule has 1 aliphatic heterocycles. The van der Waals surface area contributed by atoms with Gasteiger partial charge in [0.25, 0.3) is 0 Å². The van der Waals surface area contributed by atoms with E-state index in [4.69, 9.17) is 0 Å². The molecule has 0 saturated carbocycles. The van der Waals surface area contributed by atoms with E-state index in [9.17, 15) is 13.2 Å². The molecule has 0 radical (unpaired) electrons. The number of para-hydroxylation sites is 1. The molecule has 134 valence electrons. The highest BCUT2D eigenvalue weighted by Crippen LogP contribution is 2.32. The van der Waals surface area contributed by atoms with Gasteiger partial charge in [-0.2, -0.15) is 0 Å². The van der Waals surface area contributed by atoms with Gasteiger partial charge >= 0.3 is 0 Å². The molecule has 1 aliphatic rings. The smallest absolute Gasteiger partial charge is 0.228 e. The Balaban J connectivity index is 2.03. The van der Waals surface area contributed by atoms with Crippen LogP contribution < -0.4 is 4.90 Å². The summed E-state index contributed by atoms with van der Waals surface area (Å²) >= 11 is 0. The molecule has 1 amide bonds. The van der Waals surface area contributed by atoms with Crippen molar-refractivity contribution < 1.29 is 13.2 Å². The molecule has 0 N–H and O–H groups in total. The summed E-state index contributed by atoms with van der Waals surface area (Å²) in [6, 6.07) is 8.05. The number of rotatable bonds is 7. The minimum atomic E-state index is -3.29. The topological polar surface area (TPSA) is 57.7 Å². The van der Waals surface area contributed by atoms with E-state index in [0.717, 1.165) is 18.5 Å². The molecule has 1 unspecified atom stereocenters. The van der Waals surface area contributed by atoms with Gasteiger partial charge in [0.05, 0.1) is 6.26 Å². The average Bonchev–Trinajstić information content (AvgIpc) is 2.81. The van der Waals surface area contributed by atoms with Crippen molar-refractivity contribution in [1.29, 1.82) is 0 Å². The second-order valence-corrected chi connectivity index (χ2v) is 9.02. The number of sulfonamides is 1. The van der Waals surface area contributed by atoms with Crippen LogP contribution in [-0.4, -0.2) is 44.0 Å². The number of hydrogen-bond donors (Lipinski definition) is 0. The van der Waals surface area contributed by atoms with Crippen molar-refractivity contribution in [1.82, 2.24) is 4.31 Å². The predicted octanol–water partition coefficient (Wildman–Crippen LogP) is 2.66. The van der Waals surface area contributed by atoms with Gasteiger partial charge in [-0.3, -0.25) is 4.79 Å². The molecule has 2 rings (SSSR count). The average molecular weight is 353 g/mol. The number of hydrogen-bond acceptors (Lipinski definition) is 3. The third kappa shape index (κ3) is 4.57. The van der Waals surface area contributed by atoms with Crippen molar-refractivity contribution in [2.45, 2.75) is 46.1 Å². The van der Waals surface area contributed by atoms with Crippen LogP contribution in [0.15, 0.2) is 24.3 Å². The van der Waals surface area contributed by atoms with Crippen LogP contribution in [-0.2, 0) is 21.2 Å². The summed E-state index contributed by atoms with van der Waals surface area (Å²) in [6.45, 7) is 6.87. The van der Waals surface area contributed by atoms with E-state index in [2.05, 4.69) is 13.8 Å². The molecule has 0 aliphatic carbocycles. The maximum absolute atomic E-state index is 12.7. The van der Waals surface area contributed by atoms with E-state index >= 15 is 0 Å². The maximum Gasteiger partial charge on any atom is 0.228 e. The molecular formula is C18H28N2O3S. The van der Waals surface area contributed by atoms with E-state index in [-0.39, 0.29) is 24.9 Å². The molecule has 6 heteroatoms. The summed E-state index contributed by atoms with van der Waals surface area (Å²) < 4.78 is 25.3. The summed E-state index contributed by atoms with van der Waals surface area (Å²) in [5.41, 5.74) is 2.14. The molecular weight excluding hydrogens is 324 g/mol. The largest absolute Gasteiger partial charge is 0.309 e.